The molecule has 3 unspecified atom stereocenters. The van der Waals surface area contributed by atoms with Gasteiger partial charge in [0, 0.05) is 0 Å². The van der Waals surface area contributed by atoms with Crippen LogP contribution in [0.4, 0.5) is 0 Å². The number of nitrogens with one attached hydrogen (secondary N) is 1. The van der Waals surface area contributed by atoms with Gasteiger partial charge in [0.15, 0.2) is 0 Å². The molecule has 0 saturated heterocycles. The Labute approximate surface area is 107 Å². The van der Waals surface area contributed by atoms with Crippen LogP contribution in [0, 0.1) is 17.8 Å². The highest BCUT2D eigenvalue weighted by Crippen LogP contribution is 2.39. The van der Waals surface area contributed by atoms with Gasteiger partial charge in [0.05, 0.1) is 5.60 Å². The van der Waals surface area contributed by atoms with Crippen LogP contribution in [0.2, 0.25) is 0 Å². The summed E-state index contributed by atoms with van der Waals surface area (Å²) >= 11 is 0. The summed E-state index contributed by atoms with van der Waals surface area (Å²) in [5, 5.41) is 14.0. The third kappa shape index (κ3) is 4.97. The molecule has 0 aliphatic heterocycles. The van der Waals surface area contributed by atoms with Crippen LogP contribution < -0.4 is 5.32 Å². The Bertz CT molecular complexity index is 205. The van der Waals surface area contributed by atoms with Crippen molar-refractivity contribution >= 4 is 0 Å². The van der Waals surface area contributed by atoms with E-state index in [1.807, 2.05) is 6.92 Å². The zero-order valence-corrected chi connectivity index (χ0v) is 12.1. The highest BCUT2D eigenvalue weighted by Gasteiger charge is 2.36. The molecule has 2 heteroatoms. The second-order valence-electron chi connectivity index (χ2n) is 6.47. The molecule has 0 heterocycles. The zero-order chi connectivity index (χ0) is 12.9. The van der Waals surface area contributed by atoms with E-state index >= 15 is 0 Å². The highest BCUT2D eigenvalue weighted by molar-refractivity contribution is 4.88. The van der Waals surface area contributed by atoms with Crippen LogP contribution in [0.5, 0.6) is 0 Å². The minimum absolute atomic E-state index is 0.482. The Morgan fingerprint density at radius 3 is 2.24 bits per heavy atom. The van der Waals surface area contributed by atoms with E-state index in [0.29, 0.717) is 5.92 Å². The third-order valence-electron chi connectivity index (χ3n) is 4.29. The van der Waals surface area contributed by atoms with E-state index in [4.69, 9.17) is 0 Å². The van der Waals surface area contributed by atoms with E-state index in [-0.39, 0.29) is 0 Å². The molecule has 2 N–H and O–H groups in total. The van der Waals surface area contributed by atoms with Crippen LogP contribution in [0.25, 0.3) is 0 Å². The van der Waals surface area contributed by atoms with Gasteiger partial charge in [0.1, 0.15) is 0 Å². The molecular weight excluding hydrogens is 210 g/mol. The summed E-state index contributed by atoms with van der Waals surface area (Å²) in [6.45, 7) is 10.9. The van der Waals surface area contributed by atoms with Crippen molar-refractivity contribution in [3.63, 3.8) is 0 Å². The molecule has 102 valence electrons. The predicted molar refractivity (Wildman–Crippen MR) is 74.1 cm³/mol. The first-order valence-electron chi connectivity index (χ1n) is 7.38. The van der Waals surface area contributed by atoms with Crippen molar-refractivity contribution in [3.05, 3.63) is 0 Å². The Hall–Kier alpha value is -0.0800. The number of hydrogen-bond donors (Lipinski definition) is 2. The van der Waals surface area contributed by atoms with Crippen LogP contribution in [0.15, 0.2) is 0 Å². The molecule has 0 radical (unpaired) electrons. The topological polar surface area (TPSA) is 32.3 Å². The summed E-state index contributed by atoms with van der Waals surface area (Å²) in [5.41, 5.74) is -0.482. The molecule has 0 aromatic heterocycles. The van der Waals surface area contributed by atoms with Crippen LogP contribution >= 0.6 is 0 Å². The van der Waals surface area contributed by atoms with Gasteiger partial charge in [0.25, 0.3) is 0 Å². The summed E-state index contributed by atoms with van der Waals surface area (Å²) in [4.78, 5) is 0. The Balaban J connectivity index is 2.39. The molecule has 1 saturated carbocycles. The minimum Gasteiger partial charge on any atom is -0.390 e. The molecule has 0 spiro atoms. The van der Waals surface area contributed by atoms with E-state index in [9.17, 15) is 5.11 Å². The minimum atomic E-state index is -0.482. The maximum Gasteiger partial charge on any atom is 0.0660 e. The SMILES string of the molecule is CCCNCCC(C)(O)C1CC(C)CC(C)C1. The van der Waals surface area contributed by atoms with Crippen molar-refractivity contribution in [1.29, 1.82) is 0 Å². The lowest BCUT2D eigenvalue weighted by Gasteiger charge is -2.40. The molecule has 0 amide bonds. The first-order valence-corrected chi connectivity index (χ1v) is 7.38. The lowest BCUT2D eigenvalue weighted by atomic mass is 9.69. The average Bonchev–Trinajstić information content (AvgIpc) is 2.23. The van der Waals surface area contributed by atoms with Gasteiger partial charge in [-0.15, -0.1) is 0 Å². The fraction of sp³-hybridized carbons (Fsp3) is 1.00. The van der Waals surface area contributed by atoms with Crippen molar-refractivity contribution in [2.24, 2.45) is 17.8 Å². The van der Waals surface area contributed by atoms with Gasteiger partial charge in [-0.25, -0.2) is 0 Å². The van der Waals surface area contributed by atoms with Crippen molar-refractivity contribution in [2.75, 3.05) is 13.1 Å². The van der Waals surface area contributed by atoms with E-state index < -0.39 is 5.60 Å². The fourth-order valence-electron chi connectivity index (χ4n) is 3.30. The van der Waals surface area contributed by atoms with E-state index in [1.165, 1.54) is 25.7 Å². The second kappa shape index (κ2) is 6.75. The van der Waals surface area contributed by atoms with Crippen LogP contribution in [-0.2, 0) is 0 Å². The molecule has 1 rings (SSSR count). The lowest BCUT2D eigenvalue weighted by molar-refractivity contribution is -0.0392. The third-order valence-corrected chi connectivity index (χ3v) is 4.29. The molecule has 0 aromatic rings. The van der Waals surface area contributed by atoms with Gasteiger partial charge in [0.2, 0.25) is 0 Å². The van der Waals surface area contributed by atoms with E-state index in [0.717, 1.165) is 31.3 Å². The molecule has 1 fully saturated rings. The first kappa shape index (κ1) is 15.0. The van der Waals surface area contributed by atoms with Crippen LogP contribution in [-0.4, -0.2) is 23.8 Å². The largest absolute Gasteiger partial charge is 0.390 e. The summed E-state index contributed by atoms with van der Waals surface area (Å²) in [6.07, 6.45) is 5.79. The lowest BCUT2D eigenvalue weighted by Crippen LogP contribution is -2.41. The zero-order valence-electron chi connectivity index (χ0n) is 12.1. The molecule has 0 aromatic carbocycles. The smallest absolute Gasteiger partial charge is 0.0660 e. The van der Waals surface area contributed by atoms with Gasteiger partial charge in [-0.05, 0) is 69.9 Å². The Morgan fingerprint density at radius 2 is 1.71 bits per heavy atom. The van der Waals surface area contributed by atoms with Crippen LogP contribution in [0.3, 0.4) is 0 Å². The second-order valence-corrected chi connectivity index (χ2v) is 6.47. The van der Waals surface area contributed by atoms with E-state index in [1.54, 1.807) is 0 Å². The van der Waals surface area contributed by atoms with Crippen molar-refractivity contribution < 1.29 is 5.11 Å². The summed E-state index contributed by atoms with van der Waals surface area (Å²) in [6, 6.07) is 0. The van der Waals surface area contributed by atoms with Crippen LogP contribution in [0.1, 0.15) is 59.8 Å². The maximum atomic E-state index is 10.6. The molecule has 1 aliphatic carbocycles. The van der Waals surface area contributed by atoms with Gasteiger partial charge >= 0.3 is 0 Å². The average molecular weight is 241 g/mol. The molecule has 1 aliphatic rings. The highest BCUT2D eigenvalue weighted by atomic mass is 16.3. The van der Waals surface area contributed by atoms with Gasteiger partial charge in [-0.3, -0.25) is 0 Å². The molecular formula is C15H31NO. The Morgan fingerprint density at radius 1 is 1.12 bits per heavy atom. The van der Waals surface area contributed by atoms with Crippen molar-refractivity contribution in [1.82, 2.24) is 5.32 Å². The number of hydrogen-bond acceptors (Lipinski definition) is 2. The van der Waals surface area contributed by atoms with Crippen molar-refractivity contribution in [3.8, 4) is 0 Å². The summed E-state index contributed by atoms with van der Waals surface area (Å²) < 4.78 is 0. The molecule has 2 nitrogen and oxygen atoms in total. The Kier molecular flexibility index (Phi) is 5.94. The maximum absolute atomic E-state index is 10.6. The predicted octanol–water partition coefficient (Wildman–Crippen LogP) is 3.20. The first-order chi connectivity index (χ1) is 7.95. The summed E-state index contributed by atoms with van der Waals surface area (Å²) in [7, 11) is 0. The number of rotatable bonds is 6. The van der Waals surface area contributed by atoms with Gasteiger partial charge < -0.3 is 10.4 Å². The van der Waals surface area contributed by atoms with Crippen molar-refractivity contribution in [2.45, 2.75) is 65.4 Å². The van der Waals surface area contributed by atoms with E-state index in [2.05, 4.69) is 26.1 Å². The monoisotopic (exact) mass is 241 g/mol. The molecule has 17 heavy (non-hydrogen) atoms. The normalized spacial score (nSPS) is 33.4. The molecule has 0 bridgehead atoms. The van der Waals surface area contributed by atoms with Gasteiger partial charge in [-0.2, -0.15) is 0 Å². The standard InChI is InChI=1S/C15H31NO/c1-5-7-16-8-6-15(4,17)14-10-12(2)9-13(3)11-14/h12-14,16-17H,5-11H2,1-4H3. The summed E-state index contributed by atoms with van der Waals surface area (Å²) in [5.74, 6) is 2.04. The number of aliphatic hydroxyl groups is 1. The molecule has 3 atom stereocenters. The quantitative estimate of drug-likeness (QED) is 0.700. The van der Waals surface area contributed by atoms with Gasteiger partial charge in [-0.1, -0.05) is 20.8 Å². The fourth-order valence-corrected chi connectivity index (χ4v) is 3.30.